The second-order valence-electron chi connectivity index (χ2n) is 8.97. The zero-order valence-electron chi connectivity index (χ0n) is 21.8. The Bertz CT molecular complexity index is 605. The number of aliphatic imine (C=N–C) groups is 1. The van der Waals surface area contributed by atoms with Gasteiger partial charge in [0.25, 0.3) is 0 Å². The summed E-state index contributed by atoms with van der Waals surface area (Å²) in [6.07, 6.45) is 22.5. The summed E-state index contributed by atoms with van der Waals surface area (Å²) in [5.41, 5.74) is 16.3. The summed E-state index contributed by atoms with van der Waals surface area (Å²) >= 11 is 0. The van der Waals surface area contributed by atoms with Crippen molar-refractivity contribution in [2.75, 3.05) is 13.2 Å². The molecule has 0 radical (unpaired) electrons. The van der Waals surface area contributed by atoms with Crippen molar-refractivity contribution >= 4 is 22.3 Å². The van der Waals surface area contributed by atoms with Crippen molar-refractivity contribution in [3.05, 3.63) is 0 Å². The number of rotatable bonds is 22. The summed E-state index contributed by atoms with van der Waals surface area (Å²) in [7, 11) is -4.67. The lowest BCUT2D eigenvalue weighted by molar-refractivity contribution is -0.145. The fraction of sp³-hybridized carbons (Fsp3) is 0.917. The Morgan fingerprint density at radius 1 is 0.771 bits per heavy atom. The first-order valence-corrected chi connectivity index (χ1v) is 14.6. The van der Waals surface area contributed by atoms with Crippen molar-refractivity contribution in [3.63, 3.8) is 0 Å². The smallest absolute Gasteiger partial charge is 0.394 e. The van der Waals surface area contributed by atoms with Gasteiger partial charge in [-0.2, -0.15) is 8.42 Å². The van der Waals surface area contributed by atoms with Gasteiger partial charge in [-0.25, -0.2) is 0 Å². The highest BCUT2D eigenvalue weighted by atomic mass is 32.3. The van der Waals surface area contributed by atoms with Gasteiger partial charge in [0.2, 0.25) is 0 Å². The molecule has 0 aliphatic carbocycles. The van der Waals surface area contributed by atoms with E-state index in [2.05, 4.69) is 11.9 Å². The van der Waals surface area contributed by atoms with Crippen LogP contribution in [0.15, 0.2) is 4.99 Å². The maximum absolute atomic E-state index is 11.8. The van der Waals surface area contributed by atoms with Crippen LogP contribution in [-0.2, 0) is 19.9 Å². The fourth-order valence-corrected chi connectivity index (χ4v) is 3.57. The molecular weight excluding hydrogens is 472 g/mol. The maximum atomic E-state index is 11.8. The van der Waals surface area contributed by atoms with Crippen LogP contribution < -0.4 is 17.2 Å². The minimum Gasteiger partial charge on any atom is -0.465 e. The average Bonchev–Trinajstić information content (AvgIpc) is 2.77. The van der Waals surface area contributed by atoms with E-state index >= 15 is 0 Å². The molecule has 0 saturated heterocycles. The Balaban J connectivity index is 0. The van der Waals surface area contributed by atoms with E-state index in [0.717, 1.165) is 12.8 Å². The SMILES string of the molecule is CCCCCCCCCCCCCCCCCCOC(=O)C(N)CCCN=C(N)N.O=S(=O)(O)O. The van der Waals surface area contributed by atoms with Crippen LogP contribution in [0.2, 0.25) is 0 Å². The molecule has 0 aromatic heterocycles. The number of carbonyl (C=O) groups excluding carboxylic acids is 1. The minimum absolute atomic E-state index is 0.0645. The molecule has 0 saturated carbocycles. The number of ether oxygens (including phenoxy) is 1. The first-order chi connectivity index (χ1) is 16.6. The summed E-state index contributed by atoms with van der Waals surface area (Å²) in [4.78, 5) is 15.7. The van der Waals surface area contributed by atoms with E-state index in [4.69, 9.17) is 39.5 Å². The molecule has 0 aromatic rings. The van der Waals surface area contributed by atoms with Gasteiger partial charge in [0.15, 0.2) is 5.96 Å². The van der Waals surface area contributed by atoms with E-state index in [1.807, 2.05) is 0 Å². The van der Waals surface area contributed by atoms with Crippen molar-refractivity contribution < 1.29 is 27.1 Å². The molecule has 35 heavy (non-hydrogen) atoms. The van der Waals surface area contributed by atoms with Gasteiger partial charge in [-0.15, -0.1) is 0 Å². The van der Waals surface area contributed by atoms with Crippen molar-refractivity contribution in [1.82, 2.24) is 0 Å². The molecule has 0 heterocycles. The Kier molecular flexibility index (Phi) is 26.2. The highest BCUT2D eigenvalue weighted by Gasteiger charge is 2.14. The van der Waals surface area contributed by atoms with Gasteiger partial charge >= 0.3 is 16.4 Å². The van der Waals surface area contributed by atoms with Crippen LogP contribution in [0.25, 0.3) is 0 Å². The third-order valence-corrected chi connectivity index (χ3v) is 5.51. The molecule has 8 N–H and O–H groups in total. The van der Waals surface area contributed by atoms with Crippen LogP contribution in [0.3, 0.4) is 0 Å². The predicted molar refractivity (Wildman–Crippen MR) is 143 cm³/mol. The van der Waals surface area contributed by atoms with E-state index in [1.165, 1.54) is 89.9 Å². The lowest BCUT2D eigenvalue weighted by Crippen LogP contribution is -2.32. The molecule has 1 atom stereocenters. The number of carbonyl (C=O) groups is 1. The van der Waals surface area contributed by atoms with Gasteiger partial charge in [0, 0.05) is 6.54 Å². The van der Waals surface area contributed by atoms with Crippen molar-refractivity contribution in [2.45, 2.75) is 129 Å². The lowest BCUT2D eigenvalue weighted by Gasteiger charge is -2.11. The van der Waals surface area contributed by atoms with Gasteiger partial charge in [0.1, 0.15) is 6.04 Å². The summed E-state index contributed by atoms with van der Waals surface area (Å²) in [6.45, 7) is 3.23. The number of unbranched alkanes of at least 4 members (excludes halogenated alkanes) is 15. The Morgan fingerprint density at radius 2 is 1.14 bits per heavy atom. The average molecular weight is 525 g/mol. The lowest BCUT2D eigenvalue weighted by atomic mass is 10.0. The van der Waals surface area contributed by atoms with E-state index in [0.29, 0.717) is 26.0 Å². The number of esters is 1. The Hall–Kier alpha value is -1.43. The first kappa shape index (κ1) is 35.7. The van der Waals surface area contributed by atoms with Crippen molar-refractivity contribution in [1.29, 1.82) is 0 Å². The minimum atomic E-state index is -4.67. The molecule has 0 aliphatic rings. The molecule has 0 aliphatic heterocycles. The van der Waals surface area contributed by atoms with Crippen LogP contribution >= 0.6 is 0 Å². The molecule has 0 rings (SSSR count). The molecule has 0 aromatic carbocycles. The molecule has 210 valence electrons. The first-order valence-electron chi connectivity index (χ1n) is 13.2. The summed E-state index contributed by atoms with van der Waals surface area (Å²) in [6, 6.07) is -0.583. The Morgan fingerprint density at radius 3 is 1.51 bits per heavy atom. The second kappa shape index (κ2) is 25.7. The molecule has 10 nitrogen and oxygen atoms in total. The molecule has 0 amide bonds. The zero-order chi connectivity index (χ0) is 26.8. The van der Waals surface area contributed by atoms with Gasteiger partial charge in [-0.05, 0) is 19.3 Å². The highest BCUT2D eigenvalue weighted by molar-refractivity contribution is 7.79. The van der Waals surface area contributed by atoms with Gasteiger partial charge in [-0.1, -0.05) is 103 Å². The van der Waals surface area contributed by atoms with E-state index in [9.17, 15) is 4.79 Å². The van der Waals surface area contributed by atoms with Crippen molar-refractivity contribution in [2.24, 2.45) is 22.2 Å². The summed E-state index contributed by atoms with van der Waals surface area (Å²) in [5, 5.41) is 0. The molecule has 0 bridgehead atoms. The molecule has 11 heteroatoms. The number of nitrogens with two attached hydrogens (primary N) is 3. The van der Waals surface area contributed by atoms with Crippen molar-refractivity contribution in [3.8, 4) is 0 Å². The van der Waals surface area contributed by atoms with Gasteiger partial charge < -0.3 is 21.9 Å². The maximum Gasteiger partial charge on any atom is 0.394 e. The molecule has 1 unspecified atom stereocenters. The quantitative estimate of drug-likeness (QED) is 0.0445. The number of hydrogen-bond donors (Lipinski definition) is 5. The van der Waals surface area contributed by atoms with Gasteiger partial charge in [-0.3, -0.25) is 18.9 Å². The van der Waals surface area contributed by atoms with E-state index < -0.39 is 16.4 Å². The van der Waals surface area contributed by atoms with Gasteiger partial charge in [0.05, 0.1) is 6.61 Å². The normalized spacial score (nSPS) is 11.9. The predicted octanol–water partition coefficient (Wildman–Crippen LogP) is 4.52. The topological polar surface area (TPSA) is 191 Å². The van der Waals surface area contributed by atoms with Crippen LogP contribution in [0, 0.1) is 0 Å². The van der Waals surface area contributed by atoms with E-state index in [1.54, 1.807) is 0 Å². The summed E-state index contributed by atoms with van der Waals surface area (Å²) in [5.74, 6) is -0.254. The third kappa shape index (κ3) is 37.3. The van der Waals surface area contributed by atoms with E-state index in [-0.39, 0.29) is 11.9 Å². The largest absolute Gasteiger partial charge is 0.465 e. The summed E-state index contributed by atoms with van der Waals surface area (Å²) < 4.78 is 36.8. The monoisotopic (exact) mass is 524 g/mol. The molecule has 0 fully saturated rings. The number of nitrogens with zero attached hydrogens (tertiary/aromatic N) is 1. The van der Waals surface area contributed by atoms with Crippen LogP contribution in [-0.4, -0.2) is 48.6 Å². The third-order valence-electron chi connectivity index (χ3n) is 5.51. The molecule has 0 spiro atoms. The van der Waals surface area contributed by atoms with Crippen LogP contribution in [0.1, 0.15) is 122 Å². The number of guanidine groups is 1. The highest BCUT2D eigenvalue weighted by Crippen LogP contribution is 2.13. The zero-order valence-corrected chi connectivity index (χ0v) is 22.7. The second-order valence-corrected chi connectivity index (χ2v) is 9.87. The fourth-order valence-electron chi connectivity index (χ4n) is 3.57. The standard InChI is InChI=1S/C24H50N4O2.H2O4S/c1-2-3-4-5-6-7-8-9-10-11-12-13-14-15-16-17-21-30-23(29)22(25)19-18-20-28-24(26)27;1-5(2,3)4/h22H,2-21,25H2,1H3,(H4,26,27,28);(H2,1,2,3,4). The Labute approximate surface area is 213 Å². The van der Waals surface area contributed by atoms with Crippen LogP contribution in [0.5, 0.6) is 0 Å². The van der Waals surface area contributed by atoms with Crippen LogP contribution in [0.4, 0.5) is 0 Å². The number of hydrogen-bond acceptors (Lipinski definition) is 6. The molecular formula is C24H52N4O6S.